The molecule has 1 atom stereocenters. The Kier molecular flexibility index (Phi) is 4.27. The van der Waals surface area contributed by atoms with Crippen LogP contribution >= 0.6 is 0 Å². The number of anilines is 1. The van der Waals surface area contributed by atoms with Crippen molar-refractivity contribution in [2.45, 2.75) is 25.9 Å². The number of aromatic nitrogens is 7. The van der Waals surface area contributed by atoms with Gasteiger partial charge in [0.05, 0.1) is 43.1 Å². The summed E-state index contributed by atoms with van der Waals surface area (Å²) in [5.74, 6) is 0.474. The zero-order valence-electron chi connectivity index (χ0n) is 17.0. The fourth-order valence-electron chi connectivity index (χ4n) is 4.12. The van der Waals surface area contributed by atoms with Gasteiger partial charge >= 0.3 is 5.97 Å². The summed E-state index contributed by atoms with van der Waals surface area (Å²) in [5.41, 5.74) is 5.02. The molecule has 0 aromatic carbocycles. The summed E-state index contributed by atoms with van der Waals surface area (Å²) in [4.78, 5) is 31.3. The second-order valence-electron chi connectivity index (χ2n) is 7.36. The molecule has 0 bridgehead atoms. The molecular weight excluding hydrogens is 384 g/mol. The second-order valence-corrected chi connectivity index (χ2v) is 7.36. The number of ether oxygens (including phenoxy) is 1. The first-order valence-electron chi connectivity index (χ1n) is 9.79. The van der Waals surface area contributed by atoms with Crippen LogP contribution in [0.25, 0.3) is 11.2 Å². The minimum absolute atomic E-state index is 0.0809. The molecule has 0 saturated carbocycles. The van der Waals surface area contributed by atoms with Gasteiger partial charge in [-0.25, -0.2) is 19.7 Å². The highest BCUT2D eigenvalue weighted by Gasteiger charge is 2.32. The molecule has 5 heterocycles. The fraction of sp³-hybridized carbons (Fsp3) is 0.350. The maximum atomic E-state index is 11.9. The third-order valence-corrected chi connectivity index (χ3v) is 5.55. The average Bonchev–Trinajstić information content (AvgIpc) is 3.49. The number of nitrogens with zero attached hydrogens (tertiary/aromatic N) is 7. The molecule has 1 aliphatic rings. The third kappa shape index (κ3) is 2.83. The zero-order valence-corrected chi connectivity index (χ0v) is 17.0. The van der Waals surface area contributed by atoms with Crippen LogP contribution in [0.4, 0.5) is 5.95 Å². The number of carbonyl (C=O) groups is 1. The van der Waals surface area contributed by atoms with Crippen LogP contribution in [0.3, 0.4) is 0 Å². The molecule has 1 unspecified atom stereocenters. The normalized spacial score (nSPS) is 16.1. The fourth-order valence-corrected chi connectivity index (χ4v) is 4.12. The van der Waals surface area contributed by atoms with Crippen LogP contribution in [0.1, 0.15) is 40.2 Å². The van der Waals surface area contributed by atoms with E-state index in [1.54, 1.807) is 17.1 Å². The summed E-state index contributed by atoms with van der Waals surface area (Å²) >= 11 is 0. The Balaban J connectivity index is 1.58. The number of H-pyrrole nitrogens is 1. The summed E-state index contributed by atoms with van der Waals surface area (Å²) in [6.07, 6.45) is 7.19. The van der Waals surface area contributed by atoms with Gasteiger partial charge in [-0.1, -0.05) is 0 Å². The van der Waals surface area contributed by atoms with Crippen molar-refractivity contribution in [2.75, 3.05) is 18.6 Å². The second kappa shape index (κ2) is 6.97. The molecule has 1 N–H and O–H groups in total. The molecule has 0 saturated heterocycles. The molecule has 154 valence electrons. The molecule has 0 radical (unpaired) electrons. The molecule has 10 nitrogen and oxygen atoms in total. The van der Waals surface area contributed by atoms with E-state index in [9.17, 15) is 4.79 Å². The van der Waals surface area contributed by atoms with E-state index in [0.717, 1.165) is 35.1 Å². The van der Waals surface area contributed by atoms with Gasteiger partial charge in [-0.15, -0.1) is 0 Å². The number of rotatable bonds is 4. The molecule has 4 aromatic rings. The summed E-state index contributed by atoms with van der Waals surface area (Å²) < 4.78 is 8.69. The van der Waals surface area contributed by atoms with Gasteiger partial charge in [0.25, 0.3) is 0 Å². The predicted molar refractivity (Wildman–Crippen MR) is 109 cm³/mol. The summed E-state index contributed by atoms with van der Waals surface area (Å²) in [5, 5.41) is 4.34. The van der Waals surface area contributed by atoms with E-state index >= 15 is 0 Å². The van der Waals surface area contributed by atoms with Crippen LogP contribution in [-0.4, -0.2) is 53.9 Å². The topological polar surface area (TPSA) is 107 Å². The van der Waals surface area contributed by atoms with Crippen molar-refractivity contribution < 1.29 is 9.53 Å². The van der Waals surface area contributed by atoms with E-state index in [0.29, 0.717) is 24.2 Å². The van der Waals surface area contributed by atoms with Crippen LogP contribution in [0, 0.1) is 0 Å². The lowest BCUT2D eigenvalue weighted by molar-refractivity contribution is 0.0600. The highest BCUT2D eigenvalue weighted by Crippen LogP contribution is 2.34. The van der Waals surface area contributed by atoms with E-state index < -0.39 is 5.97 Å². The summed E-state index contributed by atoms with van der Waals surface area (Å²) in [7, 11) is 3.27. The first-order chi connectivity index (χ1) is 14.6. The van der Waals surface area contributed by atoms with Gasteiger partial charge in [0.2, 0.25) is 5.95 Å². The molecule has 5 rings (SSSR count). The van der Waals surface area contributed by atoms with Crippen LogP contribution in [0.5, 0.6) is 0 Å². The van der Waals surface area contributed by atoms with Crippen molar-refractivity contribution in [3.05, 3.63) is 53.5 Å². The van der Waals surface area contributed by atoms with Crippen molar-refractivity contribution in [3.8, 4) is 0 Å². The summed E-state index contributed by atoms with van der Waals surface area (Å²) in [6, 6.07) is 1.73. The van der Waals surface area contributed by atoms with E-state index in [2.05, 4.69) is 36.4 Å². The van der Waals surface area contributed by atoms with Crippen LogP contribution in [0.2, 0.25) is 0 Å². The highest BCUT2D eigenvalue weighted by atomic mass is 16.5. The van der Waals surface area contributed by atoms with Gasteiger partial charge < -0.3 is 14.6 Å². The molecule has 0 spiro atoms. The Labute approximate surface area is 172 Å². The van der Waals surface area contributed by atoms with Gasteiger partial charge in [0, 0.05) is 44.0 Å². The Morgan fingerprint density at radius 1 is 1.33 bits per heavy atom. The standard InChI is InChI=1S/C20H22N8O2/c1-4-28-18-15(5-12(6-21-18)19(29)30-3)25-20(28)27-9-14(13-7-24-26(2)8-13)17-16(10-27)22-11-23-17/h5-8,11,14H,4,9-10H2,1-3H3,(H,22,23). The SMILES string of the molecule is CCn1c(N2Cc3[nH]cnc3C(c3cnn(C)c3)C2)nc2cc(C(=O)OC)cnc21. The van der Waals surface area contributed by atoms with Crippen LogP contribution in [0.15, 0.2) is 31.0 Å². The van der Waals surface area contributed by atoms with Crippen molar-refractivity contribution in [1.82, 2.24) is 34.3 Å². The molecule has 0 amide bonds. The lowest BCUT2D eigenvalue weighted by atomic mass is 9.93. The van der Waals surface area contributed by atoms with Crippen LogP contribution < -0.4 is 4.90 Å². The van der Waals surface area contributed by atoms with Crippen molar-refractivity contribution in [3.63, 3.8) is 0 Å². The van der Waals surface area contributed by atoms with E-state index in [-0.39, 0.29) is 5.92 Å². The highest BCUT2D eigenvalue weighted by molar-refractivity contribution is 5.92. The number of imidazole rings is 2. The minimum Gasteiger partial charge on any atom is -0.465 e. The number of hydrogen-bond acceptors (Lipinski definition) is 7. The largest absolute Gasteiger partial charge is 0.465 e. The van der Waals surface area contributed by atoms with Crippen molar-refractivity contribution >= 4 is 23.1 Å². The van der Waals surface area contributed by atoms with Gasteiger partial charge in [-0.05, 0) is 13.0 Å². The molecule has 1 aliphatic heterocycles. The Morgan fingerprint density at radius 2 is 2.20 bits per heavy atom. The lowest BCUT2D eigenvalue weighted by Gasteiger charge is -2.32. The number of aryl methyl sites for hydroxylation is 2. The first-order valence-corrected chi connectivity index (χ1v) is 9.79. The monoisotopic (exact) mass is 406 g/mol. The number of nitrogens with one attached hydrogen (secondary N) is 1. The number of aromatic amines is 1. The Bertz CT molecular complexity index is 1240. The zero-order chi connectivity index (χ0) is 20.8. The third-order valence-electron chi connectivity index (χ3n) is 5.55. The first kappa shape index (κ1) is 18.3. The van der Waals surface area contributed by atoms with Gasteiger partial charge in [-0.3, -0.25) is 9.25 Å². The van der Waals surface area contributed by atoms with Crippen molar-refractivity contribution in [1.29, 1.82) is 0 Å². The number of methoxy groups -OCH3 is 1. The smallest absolute Gasteiger partial charge is 0.339 e. The lowest BCUT2D eigenvalue weighted by Crippen LogP contribution is -2.36. The number of fused-ring (bicyclic) bond motifs is 2. The molecule has 30 heavy (non-hydrogen) atoms. The number of esters is 1. The molecule has 0 aliphatic carbocycles. The van der Waals surface area contributed by atoms with Gasteiger partial charge in [0.1, 0.15) is 5.52 Å². The molecular formula is C20H22N8O2. The van der Waals surface area contributed by atoms with Crippen LogP contribution in [-0.2, 0) is 24.9 Å². The predicted octanol–water partition coefficient (Wildman–Crippen LogP) is 1.85. The van der Waals surface area contributed by atoms with Gasteiger partial charge in [-0.2, -0.15) is 5.10 Å². The van der Waals surface area contributed by atoms with Crippen molar-refractivity contribution in [2.24, 2.45) is 7.05 Å². The van der Waals surface area contributed by atoms with E-state index in [4.69, 9.17) is 9.72 Å². The number of hydrogen-bond donors (Lipinski definition) is 1. The molecule has 4 aromatic heterocycles. The average molecular weight is 406 g/mol. The maximum Gasteiger partial charge on any atom is 0.339 e. The molecule has 0 fully saturated rings. The van der Waals surface area contributed by atoms with Gasteiger partial charge in [0.15, 0.2) is 5.65 Å². The maximum absolute atomic E-state index is 11.9. The van der Waals surface area contributed by atoms with E-state index in [1.165, 1.54) is 13.3 Å². The minimum atomic E-state index is -0.422. The Morgan fingerprint density at radius 3 is 2.93 bits per heavy atom. The van der Waals surface area contributed by atoms with E-state index in [1.807, 2.05) is 19.4 Å². The summed E-state index contributed by atoms with van der Waals surface area (Å²) in [6.45, 7) is 4.15. The number of carbonyl (C=O) groups excluding carboxylic acids is 1. The quantitative estimate of drug-likeness (QED) is 0.515. The molecule has 10 heteroatoms. The Hall–Kier alpha value is -3.69. The number of pyridine rings is 1.